The number of aliphatic hydroxyl groups excluding tert-OH is 1. The number of carbonyl (C=O) groups excluding carboxylic acids is 1. The number of likely N-dealkylation sites (tertiary alicyclic amines) is 1. The third-order valence-corrected chi connectivity index (χ3v) is 6.15. The number of piperidine rings is 1. The molecule has 1 saturated carbocycles. The first kappa shape index (κ1) is 18.4. The molecule has 0 spiro atoms. The minimum Gasteiger partial charge on any atom is -0.393 e. The van der Waals surface area contributed by atoms with Crippen molar-refractivity contribution < 1.29 is 9.90 Å². The van der Waals surface area contributed by atoms with Gasteiger partial charge in [0.05, 0.1) is 24.2 Å². The molecular formula is C22H29N3O2. The predicted molar refractivity (Wildman–Crippen MR) is 106 cm³/mol. The molecule has 1 amide bonds. The molecule has 2 heterocycles. The lowest BCUT2D eigenvalue weighted by atomic mass is 9.75. The first-order valence-corrected chi connectivity index (χ1v) is 10.1. The van der Waals surface area contributed by atoms with E-state index in [4.69, 9.17) is 0 Å². The van der Waals surface area contributed by atoms with E-state index in [1.165, 1.54) is 12.8 Å². The second-order valence-electron chi connectivity index (χ2n) is 8.35. The van der Waals surface area contributed by atoms with Crippen LogP contribution in [0.1, 0.15) is 44.2 Å². The molecule has 1 aromatic carbocycles. The number of para-hydroxylation sites is 1. The van der Waals surface area contributed by atoms with Crippen molar-refractivity contribution in [2.24, 2.45) is 11.8 Å². The van der Waals surface area contributed by atoms with Gasteiger partial charge in [-0.25, -0.2) is 0 Å². The Morgan fingerprint density at radius 2 is 2.04 bits per heavy atom. The molecule has 1 saturated heterocycles. The number of nitrogens with one attached hydrogen (secondary N) is 1. The molecule has 0 radical (unpaired) electrons. The highest BCUT2D eigenvalue weighted by Crippen LogP contribution is 2.38. The van der Waals surface area contributed by atoms with Crippen molar-refractivity contribution >= 4 is 16.8 Å². The fraction of sp³-hybridized carbons (Fsp3) is 0.545. The van der Waals surface area contributed by atoms with Crippen LogP contribution in [-0.2, 0) is 4.79 Å². The van der Waals surface area contributed by atoms with E-state index in [0.29, 0.717) is 6.54 Å². The van der Waals surface area contributed by atoms with Gasteiger partial charge >= 0.3 is 0 Å². The van der Waals surface area contributed by atoms with Crippen LogP contribution in [0.5, 0.6) is 0 Å². The van der Waals surface area contributed by atoms with E-state index in [0.717, 1.165) is 48.3 Å². The average molecular weight is 367 g/mol. The molecule has 0 bridgehead atoms. The molecule has 5 heteroatoms. The number of rotatable bonds is 5. The normalized spacial score (nSPS) is 25.1. The second kappa shape index (κ2) is 7.95. The average Bonchev–Trinajstić information content (AvgIpc) is 2.65. The molecule has 2 aromatic rings. The third kappa shape index (κ3) is 4.30. The van der Waals surface area contributed by atoms with Crippen molar-refractivity contribution in [2.75, 3.05) is 19.6 Å². The van der Waals surface area contributed by atoms with E-state index < -0.39 is 0 Å². The van der Waals surface area contributed by atoms with Gasteiger partial charge in [0.25, 0.3) is 0 Å². The number of fused-ring (bicyclic) bond motifs is 1. The maximum Gasteiger partial charge on any atom is 0.234 e. The van der Waals surface area contributed by atoms with E-state index in [9.17, 15) is 9.90 Å². The van der Waals surface area contributed by atoms with Crippen molar-refractivity contribution in [2.45, 2.75) is 44.8 Å². The quantitative estimate of drug-likeness (QED) is 0.853. The van der Waals surface area contributed by atoms with Crippen LogP contribution in [0.15, 0.2) is 36.5 Å². The monoisotopic (exact) mass is 367 g/mol. The van der Waals surface area contributed by atoms with Gasteiger partial charge in [-0.15, -0.1) is 0 Å². The van der Waals surface area contributed by atoms with Gasteiger partial charge in [0.1, 0.15) is 0 Å². The highest BCUT2D eigenvalue weighted by atomic mass is 16.3. The molecule has 5 nitrogen and oxygen atoms in total. The van der Waals surface area contributed by atoms with Crippen molar-refractivity contribution in [3.05, 3.63) is 42.1 Å². The second-order valence-corrected chi connectivity index (χ2v) is 8.35. The maximum absolute atomic E-state index is 12.7. The first-order valence-electron chi connectivity index (χ1n) is 10.1. The molecule has 4 rings (SSSR count). The van der Waals surface area contributed by atoms with Gasteiger partial charge in [0, 0.05) is 11.6 Å². The summed E-state index contributed by atoms with van der Waals surface area (Å²) in [6.45, 7) is 4.74. The number of hydrogen-bond acceptors (Lipinski definition) is 4. The Bertz CT molecular complexity index is 795. The Kier molecular flexibility index (Phi) is 5.41. The predicted octanol–water partition coefficient (Wildman–Crippen LogP) is 2.89. The van der Waals surface area contributed by atoms with Crippen LogP contribution in [0.4, 0.5) is 0 Å². The third-order valence-electron chi connectivity index (χ3n) is 6.15. The van der Waals surface area contributed by atoms with Crippen LogP contribution in [0.3, 0.4) is 0 Å². The Morgan fingerprint density at radius 3 is 2.78 bits per heavy atom. The molecular weight excluding hydrogens is 338 g/mol. The van der Waals surface area contributed by atoms with Gasteiger partial charge in [-0.2, -0.15) is 0 Å². The molecule has 1 aliphatic carbocycles. The van der Waals surface area contributed by atoms with Crippen LogP contribution in [-0.4, -0.2) is 46.6 Å². The van der Waals surface area contributed by atoms with Gasteiger partial charge in [0.2, 0.25) is 5.91 Å². The van der Waals surface area contributed by atoms with Gasteiger partial charge in [-0.1, -0.05) is 25.1 Å². The smallest absolute Gasteiger partial charge is 0.234 e. The number of nitrogens with zero attached hydrogens (tertiary/aromatic N) is 2. The van der Waals surface area contributed by atoms with Crippen LogP contribution >= 0.6 is 0 Å². The zero-order valence-corrected chi connectivity index (χ0v) is 16.0. The fourth-order valence-electron chi connectivity index (χ4n) is 4.28. The summed E-state index contributed by atoms with van der Waals surface area (Å²) in [5.41, 5.74) is 1.99. The number of carbonyl (C=O) groups is 1. The largest absolute Gasteiger partial charge is 0.393 e. The van der Waals surface area contributed by atoms with Gasteiger partial charge in [0.15, 0.2) is 0 Å². The summed E-state index contributed by atoms with van der Waals surface area (Å²) in [6.07, 6.45) is 5.44. The summed E-state index contributed by atoms with van der Waals surface area (Å²) in [4.78, 5) is 19.6. The molecule has 27 heavy (non-hydrogen) atoms. The SMILES string of the molecule is CC1CCN(CC(=O)N[C@@H](c2cnc3ccccc3c2)C2CC(O)C2)CC1. The molecule has 2 N–H and O–H groups in total. The Labute approximate surface area is 160 Å². The summed E-state index contributed by atoms with van der Waals surface area (Å²) in [5, 5.41) is 14.1. The molecule has 2 fully saturated rings. The minimum atomic E-state index is -0.244. The molecule has 144 valence electrons. The van der Waals surface area contributed by atoms with Crippen LogP contribution < -0.4 is 5.32 Å². The van der Waals surface area contributed by atoms with Crippen molar-refractivity contribution in [3.63, 3.8) is 0 Å². The lowest BCUT2D eigenvalue weighted by molar-refractivity contribution is -0.124. The van der Waals surface area contributed by atoms with Gasteiger partial charge in [-0.3, -0.25) is 14.7 Å². The van der Waals surface area contributed by atoms with Gasteiger partial charge < -0.3 is 10.4 Å². The molecule has 2 aliphatic rings. The van der Waals surface area contributed by atoms with Crippen LogP contribution in [0, 0.1) is 11.8 Å². The number of amides is 1. The zero-order chi connectivity index (χ0) is 18.8. The Morgan fingerprint density at radius 1 is 1.30 bits per heavy atom. The fourth-order valence-corrected chi connectivity index (χ4v) is 4.28. The first-order chi connectivity index (χ1) is 13.1. The number of hydrogen-bond donors (Lipinski definition) is 2. The lowest BCUT2D eigenvalue weighted by Gasteiger charge is -2.38. The standard InChI is InChI=1S/C22H29N3O2/c1-15-6-8-25(9-7-15)14-21(27)24-22(17-11-19(26)12-17)18-10-16-4-2-3-5-20(16)23-13-18/h2-5,10,13,15,17,19,22,26H,6-9,11-12,14H2,1H3,(H,24,27)/t17?,19?,22-/m1/s1. The van der Waals surface area contributed by atoms with Crippen LogP contribution in [0.25, 0.3) is 10.9 Å². The van der Waals surface area contributed by atoms with E-state index in [1.54, 1.807) is 0 Å². The van der Waals surface area contributed by atoms with E-state index >= 15 is 0 Å². The summed E-state index contributed by atoms with van der Waals surface area (Å²) in [7, 11) is 0. The summed E-state index contributed by atoms with van der Waals surface area (Å²) in [6, 6.07) is 10.1. The van der Waals surface area contributed by atoms with E-state index in [1.807, 2.05) is 24.4 Å². The molecule has 0 unspecified atom stereocenters. The lowest BCUT2D eigenvalue weighted by Crippen LogP contribution is -2.46. The van der Waals surface area contributed by atoms with E-state index in [2.05, 4.69) is 34.3 Å². The van der Waals surface area contributed by atoms with Gasteiger partial charge in [-0.05, 0) is 68.3 Å². The van der Waals surface area contributed by atoms with Crippen molar-refractivity contribution in [3.8, 4) is 0 Å². The highest BCUT2D eigenvalue weighted by molar-refractivity contribution is 5.80. The zero-order valence-electron chi connectivity index (χ0n) is 16.0. The topological polar surface area (TPSA) is 65.5 Å². The summed E-state index contributed by atoms with van der Waals surface area (Å²) < 4.78 is 0. The van der Waals surface area contributed by atoms with Crippen molar-refractivity contribution in [1.29, 1.82) is 0 Å². The minimum absolute atomic E-state index is 0.0732. The Balaban J connectivity index is 1.47. The number of pyridine rings is 1. The summed E-state index contributed by atoms with van der Waals surface area (Å²) in [5.74, 6) is 1.11. The summed E-state index contributed by atoms with van der Waals surface area (Å²) >= 11 is 0. The van der Waals surface area contributed by atoms with E-state index in [-0.39, 0.29) is 24.0 Å². The van der Waals surface area contributed by atoms with Crippen molar-refractivity contribution in [1.82, 2.24) is 15.2 Å². The number of aromatic nitrogens is 1. The molecule has 1 aromatic heterocycles. The van der Waals surface area contributed by atoms with Crippen LogP contribution in [0.2, 0.25) is 0 Å². The number of benzene rings is 1. The Hall–Kier alpha value is -1.98. The maximum atomic E-state index is 12.7. The number of aliphatic hydroxyl groups is 1. The highest BCUT2D eigenvalue weighted by Gasteiger charge is 2.36. The molecule has 1 aliphatic heterocycles. The molecule has 1 atom stereocenters.